The lowest BCUT2D eigenvalue weighted by Crippen LogP contribution is -2.37. The predicted molar refractivity (Wildman–Crippen MR) is 183 cm³/mol. The van der Waals surface area contributed by atoms with Gasteiger partial charge in [-0.1, -0.05) is 24.3 Å². The number of nitrogens with zero attached hydrogens (tertiary/aromatic N) is 7. The van der Waals surface area contributed by atoms with E-state index in [1.807, 2.05) is 84.4 Å². The average Bonchev–Trinajstić information content (AvgIpc) is 3.51. The Labute approximate surface area is 275 Å². The monoisotopic (exact) mass is 646 g/mol. The summed E-state index contributed by atoms with van der Waals surface area (Å²) in [5.41, 5.74) is 4.79. The van der Waals surface area contributed by atoms with E-state index < -0.39 is 11.2 Å². The molecule has 1 aliphatic rings. The first-order chi connectivity index (χ1) is 23.2. The van der Waals surface area contributed by atoms with E-state index in [0.29, 0.717) is 17.9 Å². The highest BCUT2D eigenvalue weighted by molar-refractivity contribution is 6.04. The van der Waals surface area contributed by atoms with Crippen molar-refractivity contribution in [2.75, 3.05) is 19.5 Å². The van der Waals surface area contributed by atoms with Crippen molar-refractivity contribution < 1.29 is 14.2 Å². The third kappa shape index (κ3) is 5.09. The van der Waals surface area contributed by atoms with Crippen LogP contribution in [0, 0.1) is 6.92 Å². The molecule has 4 heterocycles. The fraction of sp³-hybridized carbons (Fsp3) is 0.229. The molecule has 48 heavy (non-hydrogen) atoms. The molecule has 3 aromatic carbocycles. The van der Waals surface area contributed by atoms with E-state index in [-0.39, 0.29) is 23.2 Å². The minimum absolute atomic E-state index is 0.141. The van der Waals surface area contributed by atoms with Crippen molar-refractivity contribution in [1.82, 2.24) is 28.5 Å². The number of benzene rings is 3. The van der Waals surface area contributed by atoms with Crippen molar-refractivity contribution in [1.29, 1.82) is 0 Å². The maximum Gasteiger partial charge on any atom is 0.332 e. The number of rotatable bonds is 7. The number of aryl methyl sites for hydroxylation is 3. The van der Waals surface area contributed by atoms with Crippen molar-refractivity contribution in [3.05, 3.63) is 110 Å². The molecule has 1 N–H and O–H groups in total. The van der Waals surface area contributed by atoms with Gasteiger partial charge in [-0.15, -0.1) is 0 Å². The molecule has 1 unspecified atom stereocenters. The first-order valence-electron chi connectivity index (χ1n) is 15.3. The molecular formula is C35H34N8O5. The molecule has 0 amide bonds. The minimum atomic E-state index is -0.473. The Morgan fingerprint density at radius 3 is 2.31 bits per heavy atom. The molecule has 3 aromatic heterocycles. The van der Waals surface area contributed by atoms with Crippen molar-refractivity contribution in [2.24, 2.45) is 26.1 Å². The normalized spacial score (nSPS) is 14.2. The number of anilines is 1. The van der Waals surface area contributed by atoms with Crippen molar-refractivity contribution in [2.45, 2.75) is 19.4 Å². The lowest BCUT2D eigenvalue weighted by Gasteiger charge is -2.21. The van der Waals surface area contributed by atoms with E-state index in [0.717, 1.165) is 50.0 Å². The zero-order valence-corrected chi connectivity index (χ0v) is 27.4. The highest BCUT2D eigenvalue weighted by Gasteiger charge is 2.28. The average molecular weight is 647 g/mol. The van der Waals surface area contributed by atoms with Gasteiger partial charge in [-0.3, -0.25) is 18.5 Å². The van der Waals surface area contributed by atoms with E-state index in [1.54, 1.807) is 28.3 Å². The Morgan fingerprint density at radius 2 is 1.60 bits per heavy atom. The van der Waals surface area contributed by atoms with Gasteiger partial charge in [0.2, 0.25) is 0 Å². The Bertz CT molecular complexity index is 2330. The summed E-state index contributed by atoms with van der Waals surface area (Å²) < 4.78 is 23.2. The standard InChI is InChI=1S/C35H34N8O5/c1-20-29-31(43(39-20)23-10-8-7-9-11-23)37-26(19-25(36-29)21-12-15-24(46-5)16-13-21)22-14-17-27(28(18-22)47-6)48-34-38-32-30(40(34)2)33(44)42(4)35(45)41(32)3/h7-18,26,37H,19H2,1-6H3. The van der Waals surface area contributed by atoms with Gasteiger partial charge >= 0.3 is 11.7 Å². The van der Waals surface area contributed by atoms with E-state index in [4.69, 9.17) is 24.3 Å². The molecule has 0 radical (unpaired) electrons. The maximum absolute atomic E-state index is 12.9. The quantitative estimate of drug-likeness (QED) is 0.258. The fourth-order valence-corrected chi connectivity index (χ4v) is 5.97. The first-order valence-corrected chi connectivity index (χ1v) is 15.3. The van der Waals surface area contributed by atoms with Gasteiger partial charge in [0, 0.05) is 27.6 Å². The molecule has 0 spiro atoms. The second kappa shape index (κ2) is 11.9. The zero-order valence-electron chi connectivity index (χ0n) is 27.4. The van der Waals surface area contributed by atoms with Crippen LogP contribution in [0.5, 0.6) is 23.3 Å². The van der Waals surface area contributed by atoms with Crippen LogP contribution < -0.4 is 30.8 Å². The molecule has 7 rings (SSSR count). The Morgan fingerprint density at radius 1 is 0.854 bits per heavy atom. The largest absolute Gasteiger partial charge is 0.497 e. The van der Waals surface area contributed by atoms with E-state index >= 15 is 0 Å². The van der Waals surface area contributed by atoms with Crippen molar-refractivity contribution >= 4 is 28.4 Å². The molecule has 0 saturated carbocycles. The third-order valence-electron chi connectivity index (χ3n) is 8.63. The van der Waals surface area contributed by atoms with Gasteiger partial charge in [0.05, 0.1) is 37.4 Å². The van der Waals surface area contributed by atoms with Gasteiger partial charge in [-0.05, 0) is 66.6 Å². The SMILES string of the molecule is COc1ccc(C2=Nc3c(C)nn(-c4ccccc4)c3NC(c3ccc(Oc4nc5c(c(=O)n(C)c(=O)n5C)n4C)c(OC)c3)C2)cc1. The first kappa shape index (κ1) is 30.5. The molecule has 0 bridgehead atoms. The summed E-state index contributed by atoms with van der Waals surface area (Å²) in [6, 6.07) is 23.4. The number of hydrogen-bond acceptors (Lipinski definition) is 9. The molecule has 1 atom stereocenters. The number of fused-ring (bicyclic) bond motifs is 2. The fourth-order valence-electron chi connectivity index (χ4n) is 5.97. The minimum Gasteiger partial charge on any atom is -0.497 e. The molecule has 13 nitrogen and oxygen atoms in total. The maximum atomic E-state index is 12.9. The highest BCUT2D eigenvalue weighted by atomic mass is 16.5. The lowest BCUT2D eigenvalue weighted by molar-refractivity contribution is 0.362. The van der Waals surface area contributed by atoms with Gasteiger partial charge in [0.1, 0.15) is 11.4 Å². The van der Waals surface area contributed by atoms with Crippen LogP contribution in [0.4, 0.5) is 11.5 Å². The molecular weight excluding hydrogens is 612 g/mol. The predicted octanol–water partition coefficient (Wildman–Crippen LogP) is 4.95. The molecule has 0 saturated heterocycles. The number of methoxy groups -OCH3 is 2. The van der Waals surface area contributed by atoms with Crippen LogP contribution in [0.25, 0.3) is 16.9 Å². The molecule has 0 fully saturated rings. The third-order valence-corrected chi connectivity index (χ3v) is 8.63. The van der Waals surface area contributed by atoms with Gasteiger partial charge in [0.15, 0.2) is 28.5 Å². The van der Waals surface area contributed by atoms with Crippen LogP contribution in [0.1, 0.15) is 29.3 Å². The van der Waals surface area contributed by atoms with Crippen LogP contribution in [-0.2, 0) is 21.1 Å². The molecule has 244 valence electrons. The van der Waals surface area contributed by atoms with Gasteiger partial charge < -0.3 is 19.5 Å². The van der Waals surface area contributed by atoms with Crippen LogP contribution >= 0.6 is 0 Å². The van der Waals surface area contributed by atoms with E-state index in [1.165, 1.54) is 16.2 Å². The van der Waals surface area contributed by atoms with E-state index in [2.05, 4.69) is 10.3 Å². The van der Waals surface area contributed by atoms with E-state index in [9.17, 15) is 9.59 Å². The number of aromatic nitrogens is 6. The van der Waals surface area contributed by atoms with Crippen molar-refractivity contribution in [3.63, 3.8) is 0 Å². The molecule has 1 aliphatic heterocycles. The second-order valence-electron chi connectivity index (χ2n) is 11.6. The van der Waals surface area contributed by atoms with Gasteiger partial charge in [0.25, 0.3) is 5.56 Å². The van der Waals surface area contributed by atoms with Crippen LogP contribution in [-0.4, -0.2) is 48.4 Å². The number of hydrogen-bond donors (Lipinski definition) is 1. The summed E-state index contributed by atoms with van der Waals surface area (Å²) in [7, 11) is 7.88. The topological polar surface area (TPSA) is 132 Å². The van der Waals surface area contributed by atoms with Crippen LogP contribution in [0.2, 0.25) is 0 Å². The highest BCUT2D eigenvalue weighted by Crippen LogP contribution is 2.41. The summed E-state index contributed by atoms with van der Waals surface area (Å²) >= 11 is 0. The number of para-hydroxylation sites is 1. The molecule has 0 aliphatic carbocycles. The number of nitrogens with one attached hydrogen (secondary N) is 1. The van der Waals surface area contributed by atoms with Gasteiger partial charge in [-0.2, -0.15) is 10.1 Å². The summed E-state index contributed by atoms with van der Waals surface area (Å²) in [5.74, 6) is 2.40. The Kier molecular flexibility index (Phi) is 7.58. The summed E-state index contributed by atoms with van der Waals surface area (Å²) in [6.07, 6.45) is 0.556. The van der Waals surface area contributed by atoms with Gasteiger partial charge in [-0.25, -0.2) is 14.5 Å². The smallest absolute Gasteiger partial charge is 0.332 e. The summed E-state index contributed by atoms with van der Waals surface area (Å²) in [4.78, 5) is 35.1. The number of aliphatic imine (C=N–C) groups is 1. The van der Waals surface area contributed by atoms with Crippen LogP contribution in [0.3, 0.4) is 0 Å². The number of ether oxygens (including phenoxy) is 3. The van der Waals surface area contributed by atoms with Crippen LogP contribution in [0.15, 0.2) is 87.4 Å². The Balaban J connectivity index is 1.30. The summed E-state index contributed by atoms with van der Waals surface area (Å²) in [6.45, 7) is 1.96. The van der Waals surface area contributed by atoms with Crippen molar-refractivity contribution in [3.8, 4) is 28.9 Å². The molecule has 13 heteroatoms. The number of imidazole rings is 1. The summed E-state index contributed by atoms with van der Waals surface area (Å²) in [5, 5.41) is 8.60. The molecule has 6 aromatic rings. The Hall–Kier alpha value is -6.11. The zero-order chi connectivity index (χ0) is 33.7. The second-order valence-corrected chi connectivity index (χ2v) is 11.6. The lowest BCUT2D eigenvalue weighted by atomic mass is 9.97.